The van der Waals surface area contributed by atoms with Gasteiger partial charge in [0.1, 0.15) is 11.5 Å². The molecule has 0 spiro atoms. The Bertz CT molecular complexity index is 707. The number of nitrogens with one attached hydrogen (secondary N) is 1. The van der Waals surface area contributed by atoms with Gasteiger partial charge >= 0.3 is 0 Å². The minimum atomic E-state index is -0.231. The molecule has 0 aliphatic carbocycles. The molecule has 0 saturated carbocycles. The summed E-state index contributed by atoms with van der Waals surface area (Å²) in [4.78, 5) is 19.2. The van der Waals surface area contributed by atoms with Crippen molar-refractivity contribution >= 4 is 42.1 Å². The molecule has 1 aliphatic heterocycles. The van der Waals surface area contributed by atoms with Gasteiger partial charge in [-0.05, 0) is 31.0 Å². The van der Waals surface area contributed by atoms with Crippen molar-refractivity contribution in [3.63, 3.8) is 0 Å². The molecule has 1 unspecified atom stereocenters. The van der Waals surface area contributed by atoms with Gasteiger partial charge < -0.3 is 10.2 Å². The second kappa shape index (κ2) is 10.8. The molecule has 1 amide bonds. The standard InChI is InChI=1S/C18H22FN3OS.2ClH/c1-2-9-22(14-7-8-20-11-14)18(23)16-12-24-17(21-16)10-13-5-3-4-6-15(13)19;;/h3-6,12,14,20H,2,7-11H2,1H3;2*1H. The fraction of sp³-hybridized carbons (Fsp3) is 0.444. The molecule has 1 fully saturated rings. The highest BCUT2D eigenvalue weighted by Gasteiger charge is 2.28. The van der Waals surface area contributed by atoms with Gasteiger partial charge in [0.25, 0.3) is 5.91 Å². The molecule has 1 aromatic carbocycles. The molecule has 1 aromatic heterocycles. The zero-order chi connectivity index (χ0) is 16.9. The highest BCUT2D eigenvalue weighted by atomic mass is 35.5. The Morgan fingerprint density at radius 1 is 1.38 bits per heavy atom. The van der Waals surface area contributed by atoms with E-state index in [9.17, 15) is 9.18 Å². The summed E-state index contributed by atoms with van der Waals surface area (Å²) in [6, 6.07) is 6.94. The van der Waals surface area contributed by atoms with E-state index in [-0.39, 0.29) is 42.6 Å². The molecule has 2 aromatic rings. The van der Waals surface area contributed by atoms with E-state index in [2.05, 4.69) is 17.2 Å². The van der Waals surface area contributed by atoms with Gasteiger partial charge in [-0.25, -0.2) is 9.37 Å². The number of rotatable bonds is 6. The first-order chi connectivity index (χ1) is 11.7. The van der Waals surface area contributed by atoms with Crippen LogP contribution < -0.4 is 5.32 Å². The molecule has 1 saturated heterocycles. The quantitative estimate of drug-likeness (QED) is 0.770. The van der Waals surface area contributed by atoms with Crippen molar-refractivity contribution in [1.29, 1.82) is 0 Å². The molecule has 8 heteroatoms. The highest BCUT2D eigenvalue weighted by molar-refractivity contribution is 7.09. The van der Waals surface area contributed by atoms with Gasteiger partial charge in [-0.1, -0.05) is 25.1 Å². The minimum Gasteiger partial charge on any atom is -0.333 e. The van der Waals surface area contributed by atoms with Gasteiger partial charge in [0.15, 0.2) is 0 Å². The van der Waals surface area contributed by atoms with Crippen molar-refractivity contribution in [2.45, 2.75) is 32.2 Å². The molecule has 26 heavy (non-hydrogen) atoms. The number of thiazole rings is 1. The summed E-state index contributed by atoms with van der Waals surface area (Å²) in [5.74, 6) is -0.244. The van der Waals surface area contributed by atoms with E-state index in [0.717, 1.165) is 37.5 Å². The lowest BCUT2D eigenvalue weighted by atomic mass is 10.1. The van der Waals surface area contributed by atoms with Crippen LogP contribution in [0.2, 0.25) is 0 Å². The van der Waals surface area contributed by atoms with Crippen LogP contribution in [0.25, 0.3) is 0 Å². The third kappa shape index (κ3) is 5.39. The number of carbonyl (C=O) groups is 1. The normalized spacial score (nSPS) is 15.8. The van der Waals surface area contributed by atoms with E-state index in [4.69, 9.17) is 0 Å². The first-order valence-corrected chi connectivity index (χ1v) is 9.26. The molecule has 1 aliphatic rings. The number of nitrogens with zero attached hydrogens (tertiary/aromatic N) is 2. The number of halogens is 3. The van der Waals surface area contributed by atoms with Crippen LogP contribution in [-0.2, 0) is 6.42 Å². The van der Waals surface area contributed by atoms with E-state index in [1.165, 1.54) is 17.4 Å². The van der Waals surface area contributed by atoms with Gasteiger partial charge in [0, 0.05) is 30.9 Å². The number of hydrogen-bond donors (Lipinski definition) is 1. The molecule has 1 atom stereocenters. The zero-order valence-corrected chi connectivity index (χ0v) is 17.1. The summed E-state index contributed by atoms with van der Waals surface area (Å²) in [5, 5.41) is 5.87. The van der Waals surface area contributed by atoms with E-state index < -0.39 is 0 Å². The Hall–Kier alpha value is -1.21. The number of aromatic nitrogens is 1. The topological polar surface area (TPSA) is 45.2 Å². The lowest BCUT2D eigenvalue weighted by Crippen LogP contribution is -2.42. The van der Waals surface area contributed by atoms with Crippen LogP contribution in [0.4, 0.5) is 4.39 Å². The number of carbonyl (C=O) groups excluding carboxylic acids is 1. The number of amides is 1. The Kier molecular flexibility index (Phi) is 9.50. The second-order valence-electron chi connectivity index (χ2n) is 6.04. The summed E-state index contributed by atoms with van der Waals surface area (Å²) in [7, 11) is 0. The summed E-state index contributed by atoms with van der Waals surface area (Å²) < 4.78 is 13.8. The predicted molar refractivity (Wildman–Crippen MR) is 108 cm³/mol. The molecule has 2 heterocycles. The lowest BCUT2D eigenvalue weighted by Gasteiger charge is -2.27. The van der Waals surface area contributed by atoms with Crippen molar-refractivity contribution in [2.75, 3.05) is 19.6 Å². The van der Waals surface area contributed by atoms with Gasteiger partial charge in [-0.3, -0.25) is 4.79 Å². The van der Waals surface area contributed by atoms with Crippen molar-refractivity contribution in [2.24, 2.45) is 0 Å². The first kappa shape index (κ1) is 22.8. The Labute approximate surface area is 170 Å². The molecule has 0 radical (unpaired) electrons. The Morgan fingerprint density at radius 2 is 2.15 bits per heavy atom. The van der Waals surface area contributed by atoms with Crippen molar-refractivity contribution in [1.82, 2.24) is 15.2 Å². The van der Waals surface area contributed by atoms with Crippen LogP contribution in [0, 0.1) is 5.82 Å². The summed E-state index contributed by atoms with van der Waals surface area (Å²) >= 11 is 1.42. The molecule has 4 nitrogen and oxygen atoms in total. The van der Waals surface area contributed by atoms with Crippen molar-refractivity contribution in [3.05, 3.63) is 51.7 Å². The maximum Gasteiger partial charge on any atom is 0.273 e. The average molecular weight is 420 g/mol. The molecular formula is C18H24Cl2FN3OS. The summed E-state index contributed by atoms with van der Waals surface area (Å²) in [6.45, 7) is 4.62. The SMILES string of the molecule is CCCN(C(=O)c1csc(Cc2ccccc2F)n1)C1CCNC1.Cl.Cl. The highest BCUT2D eigenvalue weighted by Crippen LogP contribution is 2.20. The summed E-state index contributed by atoms with van der Waals surface area (Å²) in [6.07, 6.45) is 2.33. The third-order valence-corrected chi connectivity index (χ3v) is 5.12. The van der Waals surface area contributed by atoms with Crippen LogP contribution in [-0.4, -0.2) is 41.5 Å². The van der Waals surface area contributed by atoms with Crippen molar-refractivity contribution in [3.8, 4) is 0 Å². The van der Waals surface area contributed by atoms with Gasteiger partial charge in [-0.2, -0.15) is 0 Å². The molecular weight excluding hydrogens is 396 g/mol. The van der Waals surface area contributed by atoms with E-state index in [0.29, 0.717) is 17.7 Å². The minimum absolute atomic E-state index is 0. The fourth-order valence-electron chi connectivity index (χ4n) is 3.04. The summed E-state index contributed by atoms with van der Waals surface area (Å²) in [5.41, 5.74) is 1.09. The van der Waals surface area contributed by atoms with Gasteiger partial charge in [-0.15, -0.1) is 36.2 Å². The maximum absolute atomic E-state index is 13.8. The van der Waals surface area contributed by atoms with Crippen LogP contribution in [0.5, 0.6) is 0 Å². The van der Waals surface area contributed by atoms with Crippen LogP contribution in [0.3, 0.4) is 0 Å². The lowest BCUT2D eigenvalue weighted by molar-refractivity contribution is 0.0687. The first-order valence-electron chi connectivity index (χ1n) is 8.38. The zero-order valence-electron chi connectivity index (χ0n) is 14.6. The monoisotopic (exact) mass is 419 g/mol. The van der Waals surface area contributed by atoms with Gasteiger partial charge in [0.05, 0.1) is 5.01 Å². The van der Waals surface area contributed by atoms with E-state index in [1.807, 2.05) is 11.0 Å². The second-order valence-corrected chi connectivity index (χ2v) is 6.98. The fourth-order valence-corrected chi connectivity index (χ4v) is 3.83. The number of benzene rings is 1. The molecule has 0 bridgehead atoms. The molecule has 1 N–H and O–H groups in total. The van der Waals surface area contributed by atoms with E-state index >= 15 is 0 Å². The number of hydrogen-bond acceptors (Lipinski definition) is 4. The van der Waals surface area contributed by atoms with Crippen LogP contribution in [0.15, 0.2) is 29.6 Å². The van der Waals surface area contributed by atoms with Crippen LogP contribution >= 0.6 is 36.2 Å². The molecule has 3 rings (SSSR count). The van der Waals surface area contributed by atoms with E-state index in [1.54, 1.807) is 17.5 Å². The van der Waals surface area contributed by atoms with Gasteiger partial charge in [0.2, 0.25) is 0 Å². The largest absolute Gasteiger partial charge is 0.333 e. The molecule has 144 valence electrons. The predicted octanol–water partition coefficient (Wildman–Crippen LogP) is 3.93. The maximum atomic E-state index is 13.8. The Balaban J connectivity index is 0.00000169. The Morgan fingerprint density at radius 3 is 2.81 bits per heavy atom. The van der Waals surface area contributed by atoms with Crippen molar-refractivity contribution < 1.29 is 9.18 Å². The average Bonchev–Trinajstić information content (AvgIpc) is 3.26. The third-order valence-electron chi connectivity index (χ3n) is 4.27. The smallest absolute Gasteiger partial charge is 0.273 e. The van der Waals surface area contributed by atoms with Crippen LogP contribution in [0.1, 0.15) is 40.8 Å².